The molecule has 1 aliphatic heterocycles. The van der Waals surface area contributed by atoms with Crippen LogP contribution in [0.3, 0.4) is 0 Å². The van der Waals surface area contributed by atoms with Gasteiger partial charge in [0.25, 0.3) is 0 Å². The molecule has 3 rings (SSSR count). The Morgan fingerprint density at radius 2 is 1.92 bits per heavy atom. The number of benzene rings is 1. The maximum Gasteiger partial charge on any atom is 0.243 e. The van der Waals surface area contributed by atoms with Gasteiger partial charge >= 0.3 is 0 Å². The summed E-state index contributed by atoms with van der Waals surface area (Å²) in [6.07, 6.45) is 5.25. The zero-order valence-corrected chi connectivity index (χ0v) is 15.2. The van der Waals surface area contributed by atoms with Crippen molar-refractivity contribution >= 4 is 22.8 Å². The Kier molecular flexibility index (Phi) is 6.00. The topological polar surface area (TPSA) is 81.9 Å². The Morgan fingerprint density at radius 1 is 1.23 bits per heavy atom. The number of carbonyl (C=O) groups is 1. The van der Waals surface area contributed by atoms with Crippen LogP contribution < -0.4 is 10.2 Å². The molecule has 1 fully saturated rings. The van der Waals surface area contributed by atoms with Crippen LogP contribution in [0.15, 0.2) is 24.3 Å². The number of amides is 1. The van der Waals surface area contributed by atoms with E-state index in [1.165, 1.54) is 0 Å². The molecule has 6 nitrogen and oxygen atoms in total. The van der Waals surface area contributed by atoms with Crippen molar-refractivity contribution in [2.45, 2.75) is 44.9 Å². The van der Waals surface area contributed by atoms with Gasteiger partial charge in [0.2, 0.25) is 5.91 Å². The van der Waals surface area contributed by atoms with E-state index in [2.05, 4.69) is 28.2 Å². The first kappa shape index (κ1) is 18.1. The smallest absolute Gasteiger partial charge is 0.243 e. The molecule has 0 spiro atoms. The first-order valence-electron chi connectivity index (χ1n) is 9.43. The summed E-state index contributed by atoms with van der Waals surface area (Å²) in [6.45, 7) is 4.48. The Bertz CT molecular complexity index is 807. The predicted octanol–water partition coefficient (Wildman–Crippen LogP) is 3.14. The lowest BCUT2D eigenvalue weighted by Crippen LogP contribution is -2.32. The van der Waals surface area contributed by atoms with Crippen LogP contribution >= 0.6 is 0 Å². The van der Waals surface area contributed by atoms with E-state index in [1.807, 2.05) is 24.3 Å². The van der Waals surface area contributed by atoms with E-state index in [-0.39, 0.29) is 5.91 Å². The van der Waals surface area contributed by atoms with Crippen molar-refractivity contribution in [3.8, 4) is 6.07 Å². The third-order valence-electron chi connectivity index (χ3n) is 4.73. The van der Waals surface area contributed by atoms with E-state index >= 15 is 0 Å². The standard InChI is InChI=1S/C20H25N5O/c1-2-3-6-11-22-20(26)15(14-21)18-19(25-12-7-8-13-25)24-17-10-5-4-9-16(17)23-18/h4-5,9-10,15H,2-3,6-8,11-13H2,1H3,(H,22,26)/t15-/m0/s1. The van der Waals surface area contributed by atoms with Crippen LogP contribution in [0.2, 0.25) is 0 Å². The van der Waals surface area contributed by atoms with Crippen LogP contribution in [0.25, 0.3) is 11.0 Å². The normalized spacial score (nSPS) is 15.0. The van der Waals surface area contributed by atoms with Gasteiger partial charge in [-0.05, 0) is 31.4 Å². The second kappa shape index (κ2) is 8.61. The van der Waals surface area contributed by atoms with E-state index < -0.39 is 5.92 Å². The van der Waals surface area contributed by atoms with Gasteiger partial charge in [0.15, 0.2) is 11.7 Å². The molecule has 0 bridgehead atoms. The van der Waals surface area contributed by atoms with Gasteiger partial charge in [-0.1, -0.05) is 31.9 Å². The number of unbranched alkanes of at least 4 members (excludes halogenated alkanes) is 2. The number of nitrogens with zero attached hydrogens (tertiary/aromatic N) is 4. The maximum absolute atomic E-state index is 12.6. The third kappa shape index (κ3) is 3.93. The van der Waals surface area contributed by atoms with Gasteiger partial charge in [0, 0.05) is 19.6 Å². The zero-order valence-electron chi connectivity index (χ0n) is 15.2. The number of anilines is 1. The zero-order chi connectivity index (χ0) is 18.4. The number of hydrogen-bond acceptors (Lipinski definition) is 5. The van der Waals surface area contributed by atoms with Gasteiger partial charge in [-0.15, -0.1) is 0 Å². The van der Waals surface area contributed by atoms with Crippen LogP contribution in [-0.4, -0.2) is 35.5 Å². The lowest BCUT2D eigenvalue weighted by Gasteiger charge is -2.21. The molecule has 2 heterocycles. The van der Waals surface area contributed by atoms with Gasteiger partial charge in [-0.3, -0.25) is 4.79 Å². The third-order valence-corrected chi connectivity index (χ3v) is 4.73. The summed E-state index contributed by atoms with van der Waals surface area (Å²) in [7, 11) is 0. The first-order valence-corrected chi connectivity index (χ1v) is 9.43. The lowest BCUT2D eigenvalue weighted by atomic mass is 10.0. The molecule has 1 amide bonds. The van der Waals surface area contributed by atoms with Gasteiger partial charge in [-0.2, -0.15) is 5.26 Å². The van der Waals surface area contributed by atoms with Crippen molar-refractivity contribution in [1.29, 1.82) is 5.26 Å². The highest BCUT2D eigenvalue weighted by Gasteiger charge is 2.29. The average Bonchev–Trinajstić information content (AvgIpc) is 3.20. The Balaban J connectivity index is 1.93. The SMILES string of the molecule is CCCCCNC(=O)[C@@H](C#N)c1nc2ccccc2nc1N1CCCC1. The van der Waals surface area contributed by atoms with Crippen LogP contribution in [0.5, 0.6) is 0 Å². The highest BCUT2D eigenvalue weighted by Crippen LogP contribution is 2.29. The second-order valence-electron chi connectivity index (χ2n) is 6.68. The van der Waals surface area contributed by atoms with Crippen LogP contribution in [0, 0.1) is 11.3 Å². The Morgan fingerprint density at radius 3 is 2.58 bits per heavy atom. The van der Waals surface area contributed by atoms with Crippen LogP contribution in [-0.2, 0) is 4.79 Å². The fraction of sp³-hybridized carbons (Fsp3) is 0.500. The monoisotopic (exact) mass is 351 g/mol. The van der Waals surface area contributed by atoms with Gasteiger partial charge in [-0.25, -0.2) is 9.97 Å². The van der Waals surface area contributed by atoms with Crippen LogP contribution in [0.4, 0.5) is 5.82 Å². The summed E-state index contributed by atoms with van der Waals surface area (Å²) < 4.78 is 0. The number of carbonyl (C=O) groups excluding carboxylic acids is 1. The maximum atomic E-state index is 12.6. The molecule has 0 saturated carbocycles. The van der Waals surface area contributed by atoms with Gasteiger partial charge in [0.1, 0.15) is 5.69 Å². The van der Waals surface area contributed by atoms with E-state index in [1.54, 1.807) is 0 Å². The fourth-order valence-electron chi connectivity index (χ4n) is 3.29. The largest absolute Gasteiger partial charge is 0.355 e. The molecule has 2 aromatic rings. The van der Waals surface area contributed by atoms with Crippen molar-refractivity contribution in [3.63, 3.8) is 0 Å². The quantitative estimate of drug-likeness (QED) is 0.775. The minimum atomic E-state index is -0.940. The molecular weight excluding hydrogens is 326 g/mol. The number of hydrogen-bond donors (Lipinski definition) is 1. The number of fused-ring (bicyclic) bond motifs is 1. The molecule has 0 aliphatic carbocycles. The van der Waals surface area contributed by atoms with Crippen molar-refractivity contribution in [2.75, 3.05) is 24.5 Å². The van der Waals surface area contributed by atoms with E-state index in [9.17, 15) is 10.1 Å². The molecule has 1 aromatic heterocycles. The second-order valence-corrected chi connectivity index (χ2v) is 6.68. The summed E-state index contributed by atoms with van der Waals surface area (Å²) in [4.78, 5) is 24.2. The molecule has 0 radical (unpaired) electrons. The number of para-hydroxylation sites is 2. The minimum absolute atomic E-state index is 0.284. The molecule has 0 unspecified atom stereocenters. The number of nitrogens with one attached hydrogen (secondary N) is 1. The molecule has 26 heavy (non-hydrogen) atoms. The molecule has 1 aliphatic rings. The fourth-order valence-corrected chi connectivity index (χ4v) is 3.29. The highest BCUT2D eigenvalue weighted by molar-refractivity contribution is 5.88. The predicted molar refractivity (Wildman–Crippen MR) is 102 cm³/mol. The molecule has 1 aromatic carbocycles. The van der Waals surface area contributed by atoms with E-state index in [0.29, 0.717) is 23.6 Å². The minimum Gasteiger partial charge on any atom is -0.355 e. The first-order chi connectivity index (χ1) is 12.7. The molecule has 136 valence electrons. The average molecular weight is 351 g/mol. The summed E-state index contributed by atoms with van der Waals surface area (Å²) in [5.74, 6) is -0.547. The van der Waals surface area contributed by atoms with Gasteiger partial charge in [0.05, 0.1) is 17.1 Å². The number of aromatic nitrogens is 2. The van der Waals surface area contributed by atoms with Crippen molar-refractivity contribution in [2.24, 2.45) is 0 Å². The summed E-state index contributed by atoms with van der Waals surface area (Å²) >= 11 is 0. The molecule has 1 saturated heterocycles. The number of nitriles is 1. The van der Waals surface area contributed by atoms with Crippen LogP contribution in [0.1, 0.15) is 50.6 Å². The van der Waals surface area contributed by atoms with E-state index in [0.717, 1.165) is 50.7 Å². The van der Waals surface area contributed by atoms with Crippen molar-refractivity contribution < 1.29 is 4.79 Å². The highest BCUT2D eigenvalue weighted by atomic mass is 16.1. The van der Waals surface area contributed by atoms with Crippen molar-refractivity contribution in [3.05, 3.63) is 30.0 Å². The molecular formula is C20H25N5O. The van der Waals surface area contributed by atoms with Crippen molar-refractivity contribution in [1.82, 2.24) is 15.3 Å². The summed E-state index contributed by atoms with van der Waals surface area (Å²) in [5, 5.41) is 12.6. The lowest BCUT2D eigenvalue weighted by molar-refractivity contribution is -0.121. The molecule has 1 N–H and O–H groups in total. The summed E-state index contributed by atoms with van der Waals surface area (Å²) in [6, 6.07) is 9.74. The Hall–Kier alpha value is -2.68. The number of rotatable bonds is 7. The van der Waals surface area contributed by atoms with E-state index in [4.69, 9.17) is 4.98 Å². The Labute approximate surface area is 154 Å². The van der Waals surface area contributed by atoms with Gasteiger partial charge < -0.3 is 10.2 Å². The molecule has 6 heteroatoms. The molecule has 1 atom stereocenters. The summed E-state index contributed by atoms with van der Waals surface area (Å²) in [5.41, 5.74) is 1.98.